The second-order valence-corrected chi connectivity index (χ2v) is 6.95. The predicted octanol–water partition coefficient (Wildman–Crippen LogP) is 4.04. The number of amides is 1. The Kier molecular flexibility index (Phi) is 4.51. The van der Waals surface area contributed by atoms with E-state index < -0.39 is 0 Å². The molecule has 1 aliphatic rings. The van der Waals surface area contributed by atoms with E-state index in [2.05, 4.69) is 43.1 Å². The average Bonchev–Trinajstić information content (AvgIpc) is 3.24. The number of aromatic nitrogens is 2. The second-order valence-electron chi connectivity index (χ2n) is 6.95. The van der Waals surface area contributed by atoms with Crippen LogP contribution in [-0.2, 0) is 0 Å². The molecule has 2 aromatic rings. The Hall–Kier alpha value is -2.10. The maximum absolute atomic E-state index is 12.8. The Morgan fingerprint density at radius 1 is 1.30 bits per heavy atom. The van der Waals surface area contributed by atoms with Crippen molar-refractivity contribution in [1.82, 2.24) is 15.1 Å². The van der Waals surface area contributed by atoms with Crippen molar-refractivity contribution in [2.75, 3.05) is 6.54 Å². The molecule has 4 nitrogen and oxygen atoms in total. The summed E-state index contributed by atoms with van der Waals surface area (Å²) < 4.78 is 0. The number of nitrogens with one attached hydrogen (secondary N) is 1. The van der Waals surface area contributed by atoms with Crippen molar-refractivity contribution < 1.29 is 4.79 Å². The van der Waals surface area contributed by atoms with E-state index in [1.807, 2.05) is 23.1 Å². The summed E-state index contributed by atoms with van der Waals surface area (Å²) in [6, 6.07) is 10.5. The number of hydrogen-bond acceptors (Lipinski definition) is 2. The first-order valence-corrected chi connectivity index (χ1v) is 8.48. The molecule has 0 bridgehead atoms. The zero-order chi connectivity index (χ0) is 16.4. The van der Waals surface area contributed by atoms with Crippen molar-refractivity contribution in [3.8, 4) is 11.3 Å². The van der Waals surface area contributed by atoms with Gasteiger partial charge in [0.1, 0.15) is 5.69 Å². The van der Waals surface area contributed by atoms with Crippen molar-refractivity contribution in [1.29, 1.82) is 0 Å². The fourth-order valence-corrected chi connectivity index (χ4v) is 2.69. The van der Waals surface area contributed by atoms with E-state index in [4.69, 9.17) is 0 Å². The van der Waals surface area contributed by atoms with Crippen molar-refractivity contribution in [3.05, 3.63) is 41.6 Å². The van der Waals surface area contributed by atoms with Gasteiger partial charge in [-0.25, -0.2) is 0 Å². The molecule has 1 saturated carbocycles. The minimum absolute atomic E-state index is 0.0824. The number of carbonyl (C=O) groups is 1. The van der Waals surface area contributed by atoms with E-state index in [0.29, 0.717) is 17.7 Å². The molecule has 1 N–H and O–H groups in total. The Balaban J connectivity index is 1.75. The van der Waals surface area contributed by atoms with Crippen LogP contribution in [0.5, 0.6) is 0 Å². The van der Waals surface area contributed by atoms with E-state index in [0.717, 1.165) is 37.1 Å². The van der Waals surface area contributed by atoms with Crippen molar-refractivity contribution >= 4 is 5.91 Å². The first-order chi connectivity index (χ1) is 11.0. The number of aromatic amines is 1. The lowest BCUT2D eigenvalue weighted by molar-refractivity contribution is 0.0729. The number of aryl methyl sites for hydroxylation is 1. The van der Waals surface area contributed by atoms with Crippen molar-refractivity contribution in [2.24, 2.45) is 5.92 Å². The van der Waals surface area contributed by atoms with Crippen LogP contribution in [0.4, 0.5) is 0 Å². The van der Waals surface area contributed by atoms with Gasteiger partial charge in [-0.1, -0.05) is 43.7 Å². The third-order valence-electron chi connectivity index (χ3n) is 4.35. The van der Waals surface area contributed by atoms with Crippen LogP contribution in [0.3, 0.4) is 0 Å². The van der Waals surface area contributed by atoms with Gasteiger partial charge in [0.25, 0.3) is 5.91 Å². The van der Waals surface area contributed by atoms with Crippen LogP contribution < -0.4 is 0 Å². The van der Waals surface area contributed by atoms with Crippen LogP contribution in [-0.4, -0.2) is 33.6 Å². The SMILES string of the molecule is Cc1ccc(-c2cc(C(=O)N(CCC(C)C)C3CC3)[nH]n2)cc1. The largest absolute Gasteiger partial charge is 0.334 e. The van der Waals surface area contributed by atoms with Gasteiger partial charge < -0.3 is 4.90 Å². The molecule has 0 radical (unpaired) electrons. The van der Waals surface area contributed by atoms with Gasteiger partial charge in [0, 0.05) is 18.2 Å². The smallest absolute Gasteiger partial charge is 0.272 e. The Morgan fingerprint density at radius 2 is 2.00 bits per heavy atom. The Bertz CT molecular complexity index is 668. The number of H-pyrrole nitrogens is 1. The lowest BCUT2D eigenvalue weighted by Gasteiger charge is -2.22. The summed E-state index contributed by atoms with van der Waals surface area (Å²) in [6.07, 6.45) is 3.30. The van der Waals surface area contributed by atoms with Gasteiger partial charge in [-0.2, -0.15) is 5.10 Å². The zero-order valence-corrected chi connectivity index (χ0v) is 14.2. The molecule has 1 aliphatic carbocycles. The molecule has 1 aromatic heterocycles. The highest BCUT2D eigenvalue weighted by molar-refractivity contribution is 5.93. The summed E-state index contributed by atoms with van der Waals surface area (Å²) in [5.41, 5.74) is 3.67. The first kappa shape index (κ1) is 15.8. The molecule has 0 aliphatic heterocycles. The van der Waals surface area contributed by atoms with Crippen LogP contribution in [0.1, 0.15) is 49.2 Å². The Morgan fingerprint density at radius 3 is 2.61 bits per heavy atom. The van der Waals surface area contributed by atoms with Crippen LogP contribution >= 0.6 is 0 Å². The molecule has 1 heterocycles. The van der Waals surface area contributed by atoms with Gasteiger partial charge in [0.15, 0.2) is 0 Å². The normalized spacial score (nSPS) is 14.3. The topological polar surface area (TPSA) is 49.0 Å². The highest BCUT2D eigenvalue weighted by atomic mass is 16.2. The zero-order valence-electron chi connectivity index (χ0n) is 14.2. The standard InChI is InChI=1S/C19H25N3O/c1-13(2)10-11-22(16-8-9-16)19(23)18-12-17(20-21-18)15-6-4-14(3)5-7-15/h4-7,12-13,16H,8-11H2,1-3H3,(H,20,21). The lowest BCUT2D eigenvalue weighted by Crippen LogP contribution is -2.34. The van der Waals surface area contributed by atoms with Crippen LogP contribution in [0, 0.1) is 12.8 Å². The van der Waals surface area contributed by atoms with E-state index in [-0.39, 0.29) is 5.91 Å². The third-order valence-corrected chi connectivity index (χ3v) is 4.35. The van der Waals surface area contributed by atoms with Crippen LogP contribution in [0.2, 0.25) is 0 Å². The van der Waals surface area contributed by atoms with E-state index in [1.54, 1.807) is 0 Å². The van der Waals surface area contributed by atoms with Gasteiger partial charge in [-0.3, -0.25) is 9.89 Å². The number of hydrogen-bond donors (Lipinski definition) is 1. The van der Waals surface area contributed by atoms with Crippen molar-refractivity contribution in [2.45, 2.75) is 46.1 Å². The molecular formula is C19H25N3O. The monoisotopic (exact) mass is 311 g/mol. The summed E-state index contributed by atoms with van der Waals surface area (Å²) in [7, 11) is 0. The van der Waals surface area contributed by atoms with Gasteiger partial charge in [-0.05, 0) is 38.2 Å². The number of carbonyl (C=O) groups excluding carboxylic acids is 1. The predicted molar refractivity (Wildman–Crippen MR) is 92.3 cm³/mol. The first-order valence-electron chi connectivity index (χ1n) is 8.48. The van der Waals surface area contributed by atoms with Crippen LogP contribution in [0.25, 0.3) is 11.3 Å². The maximum atomic E-state index is 12.8. The third kappa shape index (κ3) is 3.81. The average molecular weight is 311 g/mol. The van der Waals surface area contributed by atoms with Gasteiger partial charge in [0.05, 0.1) is 5.69 Å². The fraction of sp³-hybridized carbons (Fsp3) is 0.474. The maximum Gasteiger partial charge on any atom is 0.272 e. The summed E-state index contributed by atoms with van der Waals surface area (Å²) in [5.74, 6) is 0.688. The van der Waals surface area contributed by atoms with Gasteiger partial charge >= 0.3 is 0 Å². The quantitative estimate of drug-likeness (QED) is 0.875. The molecule has 3 rings (SSSR count). The second kappa shape index (κ2) is 6.57. The molecule has 122 valence electrons. The molecule has 1 amide bonds. The summed E-state index contributed by atoms with van der Waals surface area (Å²) in [6.45, 7) is 7.29. The molecule has 1 fully saturated rings. The van der Waals surface area contributed by atoms with Crippen molar-refractivity contribution in [3.63, 3.8) is 0 Å². The number of benzene rings is 1. The highest BCUT2D eigenvalue weighted by Gasteiger charge is 2.33. The molecule has 4 heteroatoms. The van der Waals surface area contributed by atoms with E-state index >= 15 is 0 Å². The number of nitrogens with zero attached hydrogens (tertiary/aromatic N) is 2. The fourth-order valence-electron chi connectivity index (χ4n) is 2.69. The van der Waals surface area contributed by atoms with Crippen LogP contribution in [0.15, 0.2) is 30.3 Å². The molecule has 0 unspecified atom stereocenters. The Labute approximate surface area is 137 Å². The molecule has 1 aromatic carbocycles. The van der Waals surface area contributed by atoms with Gasteiger partial charge in [0.2, 0.25) is 0 Å². The molecule has 0 atom stereocenters. The lowest BCUT2D eigenvalue weighted by atomic mass is 10.1. The molecular weight excluding hydrogens is 286 g/mol. The number of rotatable bonds is 6. The minimum Gasteiger partial charge on any atom is -0.334 e. The van der Waals surface area contributed by atoms with E-state index in [1.165, 1.54) is 5.56 Å². The summed E-state index contributed by atoms with van der Waals surface area (Å²) in [5, 5.41) is 7.25. The summed E-state index contributed by atoms with van der Waals surface area (Å²) in [4.78, 5) is 14.8. The van der Waals surface area contributed by atoms with E-state index in [9.17, 15) is 4.79 Å². The molecule has 0 saturated heterocycles. The van der Waals surface area contributed by atoms with Gasteiger partial charge in [-0.15, -0.1) is 0 Å². The molecule has 0 spiro atoms. The molecule has 23 heavy (non-hydrogen) atoms. The minimum atomic E-state index is 0.0824. The highest BCUT2D eigenvalue weighted by Crippen LogP contribution is 2.29. The summed E-state index contributed by atoms with van der Waals surface area (Å²) >= 11 is 0.